The molecule has 4 heterocycles. The van der Waals surface area contributed by atoms with Crippen molar-refractivity contribution in [2.75, 3.05) is 41.0 Å². The molecule has 0 radical (unpaired) electrons. The second kappa shape index (κ2) is 14.4. The van der Waals surface area contributed by atoms with E-state index in [0.29, 0.717) is 48.0 Å². The van der Waals surface area contributed by atoms with Gasteiger partial charge in [-0.2, -0.15) is 5.26 Å². The molecule has 49 heavy (non-hydrogen) atoms. The largest absolute Gasteiger partial charge is 0.496 e. The van der Waals surface area contributed by atoms with Gasteiger partial charge < -0.3 is 19.1 Å². The Labute approximate surface area is 284 Å². The van der Waals surface area contributed by atoms with Crippen molar-refractivity contribution in [2.45, 2.75) is 70.2 Å². The molecule has 2 aromatic carbocycles. The first-order chi connectivity index (χ1) is 23.7. The molecule has 11 nitrogen and oxygen atoms in total. The van der Waals surface area contributed by atoms with Gasteiger partial charge in [0.2, 0.25) is 11.8 Å². The maximum atomic E-state index is 16.9. The second-order valence-corrected chi connectivity index (χ2v) is 12.8. The fourth-order valence-corrected chi connectivity index (χ4v) is 7.43. The minimum atomic E-state index is -0.714. The predicted octanol–water partition coefficient (Wildman–Crippen LogP) is 5.75. The molecule has 2 aliphatic heterocycles. The number of carbonyl (C=O) groups is 1. The topological polar surface area (TPSA) is 119 Å². The van der Waals surface area contributed by atoms with Gasteiger partial charge in [-0.3, -0.25) is 9.69 Å². The van der Waals surface area contributed by atoms with Crippen LogP contribution in [0.2, 0.25) is 0 Å². The number of likely N-dealkylation sites (N-methyl/N-ethyl adjacent to an activating group) is 1. The van der Waals surface area contributed by atoms with Gasteiger partial charge in [-0.05, 0) is 76.9 Å². The highest BCUT2D eigenvalue weighted by atomic mass is 19.1. The van der Waals surface area contributed by atoms with Gasteiger partial charge in [0, 0.05) is 42.8 Å². The molecule has 2 aromatic heterocycles. The van der Waals surface area contributed by atoms with Crippen molar-refractivity contribution in [1.82, 2.24) is 29.8 Å². The average Bonchev–Trinajstić information content (AvgIpc) is 3.73. The molecular weight excluding hydrogens is 632 g/mol. The molecule has 258 valence electrons. The van der Waals surface area contributed by atoms with Gasteiger partial charge in [0.25, 0.3) is 0 Å². The van der Waals surface area contributed by atoms with Gasteiger partial charge in [0.15, 0.2) is 11.3 Å². The van der Waals surface area contributed by atoms with Crippen molar-refractivity contribution in [3.8, 4) is 28.8 Å². The van der Waals surface area contributed by atoms with E-state index in [1.807, 2.05) is 6.92 Å². The molecular formula is C36H41F2N7O4. The molecule has 2 fully saturated rings. The van der Waals surface area contributed by atoms with Gasteiger partial charge in [0.1, 0.15) is 28.7 Å². The van der Waals surface area contributed by atoms with Crippen LogP contribution in [-0.2, 0) is 9.53 Å². The van der Waals surface area contributed by atoms with E-state index in [1.54, 1.807) is 41.8 Å². The number of amides is 1. The average molecular weight is 674 g/mol. The number of pyridine rings is 1. The van der Waals surface area contributed by atoms with E-state index in [-0.39, 0.29) is 64.8 Å². The molecule has 0 N–H and O–H groups in total. The number of fused-ring (bicyclic) bond motifs is 3. The zero-order chi connectivity index (χ0) is 34.8. The summed E-state index contributed by atoms with van der Waals surface area (Å²) in [5.41, 5.74) is 1.44. The summed E-state index contributed by atoms with van der Waals surface area (Å²) >= 11 is 0. The van der Waals surface area contributed by atoms with E-state index in [9.17, 15) is 10.1 Å². The molecule has 0 bridgehead atoms. The maximum absolute atomic E-state index is 16.9. The van der Waals surface area contributed by atoms with Gasteiger partial charge in [-0.1, -0.05) is 17.4 Å². The van der Waals surface area contributed by atoms with Crippen LogP contribution in [0.4, 0.5) is 8.78 Å². The van der Waals surface area contributed by atoms with Crippen molar-refractivity contribution in [2.24, 2.45) is 0 Å². The molecule has 6 rings (SSSR count). The lowest BCUT2D eigenvalue weighted by atomic mass is 9.94. The Morgan fingerprint density at radius 3 is 2.71 bits per heavy atom. The van der Waals surface area contributed by atoms with Crippen LogP contribution in [0.25, 0.3) is 33.1 Å². The number of nitriles is 1. The Morgan fingerprint density at radius 1 is 1.18 bits per heavy atom. The van der Waals surface area contributed by atoms with Crippen molar-refractivity contribution >= 4 is 27.8 Å². The summed E-state index contributed by atoms with van der Waals surface area (Å²) in [5.74, 6) is -1.19. The predicted molar refractivity (Wildman–Crippen MR) is 180 cm³/mol. The summed E-state index contributed by atoms with van der Waals surface area (Å²) in [4.78, 5) is 21.7. The summed E-state index contributed by atoms with van der Waals surface area (Å²) in [7, 11) is 5.02. The van der Waals surface area contributed by atoms with Crippen molar-refractivity contribution < 1.29 is 27.8 Å². The first-order valence-corrected chi connectivity index (χ1v) is 16.6. The first-order valence-electron chi connectivity index (χ1n) is 16.6. The van der Waals surface area contributed by atoms with Crippen molar-refractivity contribution in [3.05, 3.63) is 53.6 Å². The number of likely N-dealkylation sites (tertiary alicyclic amines) is 2. The minimum absolute atomic E-state index is 0.00611. The quantitative estimate of drug-likeness (QED) is 0.194. The Hall–Kier alpha value is -4.67. The molecule has 4 atom stereocenters. The van der Waals surface area contributed by atoms with E-state index >= 15 is 8.78 Å². The molecule has 2 aliphatic rings. The molecule has 2 saturated heterocycles. The van der Waals surface area contributed by atoms with Crippen LogP contribution in [-0.4, -0.2) is 94.8 Å². The third-order valence-electron chi connectivity index (χ3n) is 9.83. The lowest BCUT2D eigenvalue weighted by Crippen LogP contribution is -2.46. The van der Waals surface area contributed by atoms with E-state index in [2.05, 4.69) is 28.3 Å². The molecule has 4 aromatic rings. The highest BCUT2D eigenvalue weighted by Crippen LogP contribution is 2.42. The van der Waals surface area contributed by atoms with Crippen molar-refractivity contribution in [1.29, 1.82) is 5.26 Å². The Balaban J connectivity index is 1.50. The fraction of sp³-hybridized carbons (Fsp3) is 0.472. The second-order valence-electron chi connectivity index (χ2n) is 12.8. The number of hydrogen-bond donors (Lipinski definition) is 0. The van der Waals surface area contributed by atoms with Crippen LogP contribution in [0.3, 0.4) is 0 Å². The van der Waals surface area contributed by atoms with Crippen LogP contribution in [0.5, 0.6) is 11.6 Å². The lowest BCUT2D eigenvalue weighted by molar-refractivity contribution is -0.130. The SMILES string of the molecule is COC/C=C/C(=O)N1CC[C@H](n2nnc3c(O[C@@H](C)[C@@H]4CCCN4C)nc4c(F)c(-c5c(F)cccc5OC)c(C)cc4c32)C[C@H]1CC#N. The number of aryl methyl sites for hydroxylation is 1. The zero-order valence-electron chi connectivity index (χ0n) is 28.4. The normalized spacial score (nSPS) is 20.7. The van der Waals surface area contributed by atoms with Gasteiger partial charge >= 0.3 is 0 Å². The van der Waals surface area contributed by atoms with Crippen LogP contribution in [0, 0.1) is 29.9 Å². The standard InChI is InChI=1S/C36H41F2N7O4/c1-21-19-25-33(32(38)30(21)31-26(37)9-6-11-28(31)48-5)40-36(49-22(2)27-10-7-16-43(27)3)34-35(25)45(42-41-34)24-14-17-44(23(20-24)13-15-39)29(46)12-8-18-47-4/h6,8-9,11-12,19,22-24,27H,7,10,13-14,16-18,20H2,1-5H3/b12-8+/t22-,23+,24-,27-/m0/s1. The van der Waals surface area contributed by atoms with Gasteiger partial charge in [-0.15, -0.1) is 5.10 Å². The summed E-state index contributed by atoms with van der Waals surface area (Å²) in [5, 5.41) is 19.2. The summed E-state index contributed by atoms with van der Waals surface area (Å²) in [6, 6.07) is 7.87. The number of methoxy groups -OCH3 is 2. The maximum Gasteiger partial charge on any atom is 0.246 e. The zero-order valence-corrected chi connectivity index (χ0v) is 28.4. The van der Waals surface area contributed by atoms with E-state index in [4.69, 9.17) is 19.2 Å². The summed E-state index contributed by atoms with van der Waals surface area (Å²) in [6.07, 6.45) is 5.92. The summed E-state index contributed by atoms with van der Waals surface area (Å²) in [6.45, 7) is 5.32. The fourth-order valence-electron chi connectivity index (χ4n) is 7.43. The third-order valence-corrected chi connectivity index (χ3v) is 9.83. The van der Waals surface area contributed by atoms with Crippen molar-refractivity contribution in [3.63, 3.8) is 0 Å². The molecule has 0 unspecified atom stereocenters. The Bertz CT molecular complexity index is 1940. The molecule has 0 saturated carbocycles. The number of hydrogen-bond acceptors (Lipinski definition) is 9. The molecule has 0 aliphatic carbocycles. The molecule has 1 amide bonds. The summed E-state index contributed by atoms with van der Waals surface area (Å²) < 4.78 is 51.0. The first kappa shape index (κ1) is 34.2. The molecule has 0 spiro atoms. The van der Waals surface area contributed by atoms with E-state index in [0.717, 1.165) is 19.4 Å². The highest BCUT2D eigenvalue weighted by Gasteiger charge is 2.35. The Kier molecular flexibility index (Phi) is 10.1. The van der Waals surface area contributed by atoms with Gasteiger partial charge in [0.05, 0.1) is 37.8 Å². The molecule has 13 heteroatoms. The third kappa shape index (κ3) is 6.43. The van der Waals surface area contributed by atoms with Crippen LogP contribution < -0.4 is 9.47 Å². The smallest absolute Gasteiger partial charge is 0.246 e. The van der Waals surface area contributed by atoms with Crippen LogP contribution >= 0.6 is 0 Å². The van der Waals surface area contributed by atoms with E-state index < -0.39 is 11.6 Å². The number of carbonyl (C=O) groups excluding carboxylic acids is 1. The van der Waals surface area contributed by atoms with Crippen LogP contribution in [0.1, 0.15) is 50.6 Å². The number of rotatable bonds is 10. The highest BCUT2D eigenvalue weighted by molar-refractivity contribution is 6.06. The van der Waals surface area contributed by atoms with E-state index in [1.165, 1.54) is 25.3 Å². The number of aromatic nitrogens is 4. The number of halogens is 2. The number of piperidine rings is 1. The van der Waals surface area contributed by atoms with Crippen LogP contribution in [0.15, 0.2) is 36.4 Å². The number of benzene rings is 2. The lowest BCUT2D eigenvalue weighted by Gasteiger charge is -2.38. The number of ether oxygens (including phenoxy) is 3. The number of nitrogens with zero attached hydrogens (tertiary/aromatic N) is 7. The Morgan fingerprint density at radius 2 is 2.00 bits per heavy atom. The van der Waals surface area contributed by atoms with Gasteiger partial charge in [-0.25, -0.2) is 18.4 Å². The monoisotopic (exact) mass is 673 g/mol. The minimum Gasteiger partial charge on any atom is -0.496 e.